The Labute approximate surface area is 112 Å². The molecule has 0 radical (unpaired) electrons. The molecule has 1 saturated heterocycles. The van der Waals surface area contributed by atoms with Crippen LogP contribution in [-0.2, 0) is 0 Å². The predicted octanol–water partition coefficient (Wildman–Crippen LogP) is 1.90. The fourth-order valence-electron chi connectivity index (χ4n) is 2.50. The van der Waals surface area contributed by atoms with Crippen LogP contribution >= 0.6 is 0 Å². The number of hydrogen-bond acceptors (Lipinski definition) is 4. The van der Waals surface area contributed by atoms with Crippen LogP contribution in [0.5, 0.6) is 0 Å². The van der Waals surface area contributed by atoms with E-state index in [9.17, 15) is 5.26 Å². The van der Waals surface area contributed by atoms with E-state index in [1.165, 1.54) is 0 Å². The molecule has 2 heterocycles. The molecule has 1 aromatic heterocycles. The number of fused-ring (bicyclic) bond motifs is 1. The van der Waals surface area contributed by atoms with Crippen molar-refractivity contribution < 1.29 is 0 Å². The van der Waals surface area contributed by atoms with E-state index in [4.69, 9.17) is 4.98 Å². The standard InChI is InChI=1S/C15H16N4/c1-2-19(12-9-17-10-12)15-7-11(8-16)13-5-3-4-6-14(13)18-15/h3-7,12,17H,2,9-10H2,1H3. The number of anilines is 1. The van der Waals surface area contributed by atoms with E-state index in [1.807, 2.05) is 30.3 Å². The van der Waals surface area contributed by atoms with Crippen molar-refractivity contribution in [2.75, 3.05) is 24.5 Å². The molecule has 4 nitrogen and oxygen atoms in total. The molecule has 0 saturated carbocycles. The number of nitriles is 1. The molecule has 0 spiro atoms. The Morgan fingerprint density at radius 3 is 2.84 bits per heavy atom. The molecule has 0 aliphatic carbocycles. The van der Waals surface area contributed by atoms with E-state index in [0.717, 1.165) is 36.4 Å². The SMILES string of the molecule is CCN(c1cc(C#N)c2ccccc2n1)C1CNC1. The zero-order valence-corrected chi connectivity index (χ0v) is 10.9. The highest BCUT2D eigenvalue weighted by Crippen LogP contribution is 2.24. The van der Waals surface area contributed by atoms with Crippen molar-refractivity contribution in [1.29, 1.82) is 5.26 Å². The lowest BCUT2D eigenvalue weighted by Crippen LogP contribution is -2.57. The van der Waals surface area contributed by atoms with Crippen LogP contribution in [0.3, 0.4) is 0 Å². The molecule has 0 amide bonds. The third-order valence-corrected chi connectivity index (χ3v) is 3.66. The average Bonchev–Trinajstić information content (AvgIpc) is 2.41. The Hall–Kier alpha value is -2.12. The summed E-state index contributed by atoms with van der Waals surface area (Å²) in [5.74, 6) is 0.907. The van der Waals surface area contributed by atoms with Crippen LogP contribution < -0.4 is 10.2 Å². The molecule has 0 bridgehead atoms. The number of hydrogen-bond donors (Lipinski definition) is 1. The van der Waals surface area contributed by atoms with E-state index in [-0.39, 0.29) is 0 Å². The highest BCUT2D eigenvalue weighted by Gasteiger charge is 2.25. The number of benzene rings is 1. The van der Waals surface area contributed by atoms with Crippen LogP contribution in [0.15, 0.2) is 30.3 Å². The predicted molar refractivity (Wildman–Crippen MR) is 76.1 cm³/mol. The monoisotopic (exact) mass is 252 g/mol. The van der Waals surface area contributed by atoms with Gasteiger partial charge in [0.15, 0.2) is 0 Å². The van der Waals surface area contributed by atoms with Gasteiger partial charge in [-0.1, -0.05) is 18.2 Å². The first-order valence-electron chi connectivity index (χ1n) is 6.60. The largest absolute Gasteiger partial charge is 0.351 e. The molecule has 1 aliphatic rings. The molecule has 1 fully saturated rings. The van der Waals surface area contributed by atoms with Crippen molar-refractivity contribution in [3.63, 3.8) is 0 Å². The van der Waals surface area contributed by atoms with E-state index in [1.54, 1.807) is 0 Å². The minimum Gasteiger partial charge on any atom is -0.351 e. The summed E-state index contributed by atoms with van der Waals surface area (Å²) in [7, 11) is 0. The number of likely N-dealkylation sites (N-methyl/N-ethyl adjacent to an activating group) is 1. The molecule has 1 N–H and O–H groups in total. The number of nitrogens with one attached hydrogen (secondary N) is 1. The summed E-state index contributed by atoms with van der Waals surface area (Å²) in [5.41, 5.74) is 1.59. The lowest BCUT2D eigenvalue weighted by atomic mass is 10.1. The molecule has 4 heteroatoms. The van der Waals surface area contributed by atoms with Crippen LogP contribution in [0.4, 0.5) is 5.82 Å². The highest BCUT2D eigenvalue weighted by atomic mass is 15.3. The number of para-hydroxylation sites is 1. The van der Waals surface area contributed by atoms with E-state index in [0.29, 0.717) is 11.6 Å². The second-order valence-electron chi connectivity index (χ2n) is 4.76. The zero-order chi connectivity index (χ0) is 13.2. The van der Waals surface area contributed by atoms with Crippen LogP contribution in [0, 0.1) is 11.3 Å². The molecule has 0 atom stereocenters. The molecule has 1 aliphatic heterocycles. The van der Waals surface area contributed by atoms with Crippen LogP contribution in [0.25, 0.3) is 10.9 Å². The summed E-state index contributed by atoms with van der Waals surface area (Å²) in [5, 5.41) is 13.5. The van der Waals surface area contributed by atoms with E-state index < -0.39 is 0 Å². The van der Waals surface area contributed by atoms with Crippen molar-refractivity contribution >= 4 is 16.7 Å². The fourth-order valence-corrected chi connectivity index (χ4v) is 2.50. The maximum absolute atomic E-state index is 9.32. The molecule has 1 aromatic carbocycles. The van der Waals surface area contributed by atoms with Gasteiger partial charge in [-0.3, -0.25) is 0 Å². The summed E-state index contributed by atoms with van der Waals surface area (Å²) < 4.78 is 0. The second-order valence-corrected chi connectivity index (χ2v) is 4.76. The molecule has 3 rings (SSSR count). The third-order valence-electron chi connectivity index (χ3n) is 3.66. The van der Waals surface area contributed by atoms with Gasteiger partial charge in [0.1, 0.15) is 5.82 Å². The molecule has 96 valence electrons. The Morgan fingerprint density at radius 2 is 2.21 bits per heavy atom. The topological polar surface area (TPSA) is 52.0 Å². The lowest BCUT2D eigenvalue weighted by Gasteiger charge is -2.38. The Morgan fingerprint density at radius 1 is 1.42 bits per heavy atom. The van der Waals surface area contributed by atoms with Gasteiger partial charge in [-0.2, -0.15) is 5.26 Å². The third kappa shape index (κ3) is 2.02. The average molecular weight is 252 g/mol. The molecule has 2 aromatic rings. The van der Waals surface area contributed by atoms with Crippen molar-refractivity contribution in [3.8, 4) is 6.07 Å². The van der Waals surface area contributed by atoms with Gasteiger partial charge in [-0.15, -0.1) is 0 Å². The first kappa shape index (κ1) is 11.9. The smallest absolute Gasteiger partial charge is 0.130 e. The van der Waals surface area contributed by atoms with Crippen LogP contribution in [-0.4, -0.2) is 30.7 Å². The minimum absolute atomic E-state index is 0.491. The molecule has 0 unspecified atom stereocenters. The molecular formula is C15H16N4. The minimum atomic E-state index is 0.491. The lowest BCUT2D eigenvalue weighted by molar-refractivity contribution is 0.415. The van der Waals surface area contributed by atoms with Gasteiger partial charge in [0.2, 0.25) is 0 Å². The summed E-state index contributed by atoms with van der Waals surface area (Å²) in [4.78, 5) is 6.97. The Kier molecular flexibility index (Phi) is 3.06. The first-order valence-corrected chi connectivity index (χ1v) is 6.60. The van der Waals surface area contributed by atoms with Crippen LogP contribution in [0.2, 0.25) is 0 Å². The number of aromatic nitrogens is 1. The zero-order valence-electron chi connectivity index (χ0n) is 10.9. The van der Waals surface area contributed by atoms with Gasteiger partial charge < -0.3 is 10.2 Å². The normalized spacial score (nSPS) is 14.9. The van der Waals surface area contributed by atoms with Crippen molar-refractivity contribution in [3.05, 3.63) is 35.9 Å². The summed E-state index contributed by atoms with van der Waals surface area (Å²) in [6.07, 6.45) is 0. The van der Waals surface area contributed by atoms with Crippen molar-refractivity contribution in [2.45, 2.75) is 13.0 Å². The van der Waals surface area contributed by atoms with Gasteiger partial charge in [0.05, 0.1) is 23.2 Å². The second kappa shape index (κ2) is 4.87. The van der Waals surface area contributed by atoms with Crippen molar-refractivity contribution in [1.82, 2.24) is 10.3 Å². The highest BCUT2D eigenvalue weighted by molar-refractivity contribution is 5.86. The molecular weight excluding hydrogens is 236 g/mol. The number of pyridine rings is 1. The van der Waals surface area contributed by atoms with Crippen LogP contribution in [0.1, 0.15) is 12.5 Å². The molecule has 19 heavy (non-hydrogen) atoms. The van der Waals surface area contributed by atoms with E-state index in [2.05, 4.69) is 23.2 Å². The Bertz CT molecular complexity index is 640. The Balaban J connectivity index is 2.11. The number of nitrogens with zero attached hydrogens (tertiary/aromatic N) is 3. The van der Waals surface area contributed by atoms with Gasteiger partial charge in [-0.25, -0.2) is 4.98 Å². The maximum Gasteiger partial charge on any atom is 0.130 e. The van der Waals surface area contributed by atoms with Gasteiger partial charge in [0, 0.05) is 25.0 Å². The van der Waals surface area contributed by atoms with Gasteiger partial charge >= 0.3 is 0 Å². The van der Waals surface area contributed by atoms with E-state index >= 15 is 0 Å². The quantitative estimate of drug-likeness (QED) is 0.906. The summed E-state index contributed by atoms with van der Waals surface area (Å²) >= 11 is 0. The van der Waals surface area contributed by atoms with Gasteiger partial charge in [0.25, 0.3) is 0 Å². The fraction of sp³-hybridized carbons (Fsp3) is 0.333. The summed E-state index contributed by atoms with van der Waals surface area (Å²) in [6, 6.07) is 12.5. The maximum atomic E-state index is 9.32. The number of rotatable bonds is 3. The first-order chi connectivity index (χ1) is 9.33. The summed E-state index contributed by atoms with van der Waals surface area (Å²) in [6.45, 7) is 5.01. The van der Waals surface area contributed by atoms with Crippen molar-refractivity contribution in [2.24, 2.45) is 0 Å². The van der Waals surface area contributed by atoms with Gasteiger partial charge in [-0.05, 0) is 19.1 Å².